The van der Waals surface area contributed by atoms with Crippen LogP contribution in [0.15, 0.2) is 48.9 Å². The average molecular weight is 378 g/mol. The van der Waals surface area contributed by atoms with Gasteiger partial charge in [0.1, 0.15) is 5.75 Å². The SMILES string of the molecule is CCOc1cccc(-c2cc(Cn3ccnn3)cnc2OC(F)F)c1.CO. The molecule has 7 nitrogen and oxygen atoms in total. The molecule has 0 fully saturated rings. The first-order valence-corrected chi connectivity index (χ1v) is 8.11. The minimum absolute atomic E-state index is 0.133. The van der Waals surface area contributed by atoms with Crippen molar-refractivity contribution in [1.82, 2.24) is 20.0 Å². The molecule has 0 aliphatic rings. The van der Waals surface area contributed by atoms with Crippen LogP contribution in [0.1, 0.15) is 12.5 Å². The summed E-state index contributed by atoms with van der Waals surface area (Å²) in [5.41, 5.74) is 1.91. The van der Waals surface area contributed by atoms with Crippen molar-refractivity contribution in [2.75, 3.05) is 13.7 Å². The Hall–Kier alpha value is -3.07. The van der Waals surface area contributed by atoms with Gasteiger partial charge in [-0.2, -0.15) is 8.78 Å². The number of nitrogens with zero attached hydrogens (tertiary/aromatic N) is 4. The number of alkyl halides is 2. The fraction of sp³-hybridized carbons (Fsp3) is 0.278. The van der Waals surface area contributed by atoms with Gasteiger partial charge in [-0.1, -0.05) is 17.3 Å². The molecule has 3 aromatic rings. The van der Waals surface area contributed by atoms with Gasteiger partial charge in [0, 0.05) is 25.1 Å². The third-order valence-corrected chi connectivity index (χ3v) is 3.38. The summed E-state index contributed by atoms with van der Waals surface area (Å²) >= 11 is 0. The minimum Gasteiger partial charge on any atom is -0.494 e. The molecule has 0 aliphatic carbocycles. The molecule has 0 spiro atoms. The van der Waals surface area contributed by atoms with Gasteiger partial charge in [0.05, 0.1) is 19.3 Å². The maximum Gasteiger partial charge on any atom is 0.388 e. The number of aliphatic hydroxyl groups excluding tert-OH is 1. The Bertz CT molecular complexity index is 829. The van der Waals surface area contributed by atoms with Crippen molar-refractivity contribution in [3.8, 4) is 22.8 Å². The second-order valence-corrected chi connectivity index (χ2v) is 5.14. The smallest absolute Gasteiger partial charge is 0.388 e. The van der Waals surface area contributed by atoms with Crippen LogP contribution in [0.25, 0.3) is 11.1 Å². The zero-order chi connectivity index (χ0) is 19.6. The van der Waals surface area contributed by atoms with Crippen molar-refractivity contribution in [2.45, 2.75) is 20.1 Å². The van der Waals surface area contributed by atoms with Crippen LogP contribution in [0.3, 0.4) is 0 Å². The highest BCUT2D eigenvalue weighted by atomic mass is 19.3. The minimum atomic E-state index is -2.96. The van der Waals surface area contributed by atoms with Gasteiger partial charge in [0.15, 0.2) is 0 Å². The molecule has 0 saturated carbocycles. The highest BCUT2D eigenvalue weighted by Gasteiger charge is 2.15. The Balaban J connectivity index is 0.00000126. The van der Waals surface area contributed by atoms with E-state index in [1.54, 1.807) is 47.4 Å². The first-order chi connectivity index (χ1) is 13.2. The van der Waals surface area contributed by atoms with Gasteiger partial charge in [-0.15, -0.1) is 5.10 Å². The Morgan fingerprint density at radius 2 is 2.04 bits per heavy atom. The summed E-state index contributed by atoms with van der Waals surface area (Å²) in [5.74, 6) is 0.510. The van der Waals surface area contributed by atoms with Gasteiger partial charge < -0.3 is 14.6 Å². The van der Waals surface area contributed by atoms with Gasteiger partial charge in [0.2, 0.25) is 5.88 Å². The lowest BCUT2D eigenvalue weighted by Crippen LogP contribution is -2.07. The molecule has 0 unspecified atom stereocenters. The van der Waals surface area contributed by atoms with Crippen molar-refractivity contribution in [2.24, 2.45) is 0 Å². The van der Waals surface area contributed by atoms with Crippen LogP contribution in [0.5, 0.6) is 11.6 Å². The Kier molecular flexibility index (Phi) is 7.63. The standard InChI is InChI=1S/C17H16F2N4O2.CH4O/c1-2-24-14-5-3-4-13(9-14)15-8-12(11-23-7-6-21-22-23)10-20-16(15)25-17(18)19;1-2/h3-10,17H,2,11H2,1H3;2H,1H3. The van der Waals surface area contributed by atoms with Gasteiger partial charge in [-0.25, -0.2) is 9.67 Å². The van der Waals surface area contributed by atoms with E-state index in [0.29, 0.717) is 30.0 Å². The molecule has 0 aliphatic heterocycles. The lowest BCUT2D eigenvalue weighted by atomic mass is 10.0. The number of aliphatic hydroxyl groups is 1. The molecule has 0 radical (unpaired) electrons. The third kappa shape index (κ3) is 5.71. The highest BCUT2D eigenvalue weighted by Crippen LogP contribution is 2.32. The summed E-state index contributed by atoms with van der Waals surface area (Å²) in [5, 5.41) is 14.6. The zero-order valence-corrected chi connectivity index (χ0v) is 14.9. The summed E-state index contributed by atoms with van der Waals surface area (Å²) in [6.45, 7) is -0.158. The van der Waals surface area contributed by atoms with Gasteiger partial charge in [-0.3, -0.25) is 0 Å². The van der Waals surface area contributed by atoms with E-state index < -0.39 is 6.61 Å². The predicted molar refractivity (Wildman–Crippen MR) is 94.7 cm³/mol. The number of aromatic nitrogens is 4. The second-order valence-electron chi connectivity index (χ2n) is 5.14. The molecule has 0 bridgehead atoms. The summed E-state index contributed by atoms with van der Waals surface area (Å²) < 4.78 is 37.1. The maximum atomic E-state index is 12.7. The van der Waals surface area contributed by atoms with Crippen LogP contribution in [-0.2, 0) is 6.54 Å². The first-order valence-electron chi connectivity index (χ1n) is 8.11. The van der Waals surface area contributed by atoms with Crippen LogP contribution in [-0.4, -0.2) is 45.4 Å². The summed E-state index contributed by atoms with van der Waals surface area (Å²) in [7, 11) is 1.00. The lowest BCUT2D eigenvalue weighted by Gasteiger charge is -2.13. The van der Waals surface area contributed by atoms with E-state index in [-0.39, 0.29) is 5.88 Å². The summed E-state index contributed by atoms with van der Waals surface area (Å²) in [6.07, 6.45) is 4.75. The van der Waals surface area contributed by atoms with E-state index in [2.05, 4.69) is 20.0 Å². The molecule has 27 heavy (non-hydrogen) atoms. The fourth-order valence-electron chi connectivity index (χ4n) is 2.39. The molecule has 144 valence electrons. The lowest BCUT2D eigenvalue weighted by molar-refractivity contribution is -0.0524. The Labute approximate surface area is 155 Å². The van der Waals surface area contributed by atoms with E-state index in [4.69, 9.17) is 9.84 Å². The molecule has 0 saturated heterocycles. The molecule has 0 atom stereocenters. The molecule has 2 heterocycles. The maximum absolute atomic E-state index is 12.7. The van der Waals surface area contributed by atoms with E-state index in [1.165, 1.54) is 6.20 Å². The van der Waals surface area contributed by atoms with Gasteiger partial charge in [0.25, 0.3) is 0 Å². The molecule has 1 aromatic carbocycles. The average Bonchev–Trinajstić information content (AvgIpc) is 3.18. The quantitative estimate of drug-likeness (QED) is 0.681. The molecular weight excluding hydrogens is 358 g/mol. The topological polar surface area (TPSA) is 82.3 Å². The number of hydrogen-bond donors (Lipinski definition) is 1. The summed E-state index contributed by atoms with van der Waals surface area (Å²) in [4.78, 5) is 4.05. The van der Waals surface area contributed by atoms with Crippen molar-refractivity contribution >= 4 is 0 Å². The van der Waals surface area contributed by atoms with Crippen LogP contribution in [0.4, 0.5) is 8.78 Å². The number of pyridine rings is 1. The van der Waals surface area contributed by atoms with E-state index in [1.807, 2.05) is 6.92 Å². The normalized spacial score (nSPS) is 10.3. The van der Waals surface area contributed by atoms with Crippen molar-refractivity contribution in [3.63, 3.8) is 0 Å². The molecule has 2 aromatic heterocycles. The second kappa shape index (κ2) is 10.2. The van der Waals surface area contributed by atoms with Crippen molar-refractivity contribution in [3.05, 3.63) is 54.5 Å². The van der Waals surface area contributed by atoms with Crippen LogP contribution in [0, 0.1) is 0 Å². The number of benzene rings is 1. The predicted octanol–water partition coefficient (Wildman–Crippen LogP) is 3.00. The Morgan fingerprint density at radius 3 is 2.70 bits per heavy atom. The van der Waals surface area contributed by atoms with E-state index >= 15 is 0 Å². The molecular formula is C18H20F2N4O3. The number of hydrogen-bond acceptors (Lipinski definition) is 6. The van der Waals surface area contributed by atoms with Crippen LogP contribution in [0.2, 0.25) is 0 Å². The number of halogens is 2. The number of rotatable bonds is 7. The fourth-order valence-corrected chi connectivity index (χ4v) is 2.39. The first kappa shape index (κ1) is 20.2. The van der Waals surface area contributed by atoms with Crippen LogP contribution < -0.4 is 9.47 Å². The van der Waals surface area contributed by atoms with Crippen molar-refractivity contribution < 1.29 is 23.4 Å². The van der Waals surface area contributed by atoms with Crippen molar-refractivity contribution in [1.29, 1.82) is 0 Å². The molecule has 1 N–H and O–H groups in total. The van der Waals surface area contributed by atoms with E-state index in [9.17, 15) is 8.78 Å². The van der Waals surface area contributed by atoms with E-state index in [0.717, 1.165) is 12.7 Å². The molecule has 9 heteroatoms. The monoisotopic (exact) mass is 378 g/mol. The summed E-state index contributed by atoms with van der Waals surface area (Å²) in [6, 6.07) is 8.89. The van der Waals surface area contributed by atoms with Gasteiger partial charge >= 0.3 is 6.61 Å². The molecule has 3 rings (SSSR count). The largest absolute Gasteiger partial charge is 0.494 e. The Morgan fingerprint density at radius 1 is 1.22 bits per heavy atom. The third-order valence-electron chi connectivity index (χ3n) is 3.38. The van der Waals surface area contributed by atoms with Crippen LogP contribution >= 0.6 is 0 Å². The highest BCUT2D eigenvalue weighted by molar-refractivity contribution is 5.70. The van der Waals surface area contributed by atoms with Gasteiger partial charge in [-0.05, 0) is 36.2 Å². The zero-order valence-electron chi connectivity index (χ0n) is 14.9. The molecule has 0 amide bonds. The number of ether oxygens (including phenoxy) is 2.